The van der Waals surface area contributed by atoms with Crippen LogP contribution in [0.1, 0.15) is 43.6 Å². The minimum atomic E-state index is -0.0366. The van der Waals surface area contributed by atoms with E-state index in [0.717, 1.165) is 30.7 Å². The molecule has 2 aliphatic heterocycles. The van der Waals surface area contributed by atoms with Crippen LogP contribution in [0.5, 0.6) is 0 Å². The van der Waals surface area contributed by atoms with Gasteiger partial charge < -0.3 is 4.74 Å². The van der Waals surface area contributed by atoms with Crippen molar-refractivity contribution in [3.8, 4) is 0 Å². The Kier molecular flexibility index (Phi) is 4.91. The first-order chi connectivity index (χ1) is 10.6. The van der Waals surface area contributed by atoms with E-state index in [-0.39, 0.29) is 36.3 Å². The molecule has 0 N–H and O–H groups in total. The quantitative estimate of drug-likeness (QED) is 0.766. The van der Waals surface area contributed by atoms with Crippen LogP contribution in [0.15, 0.2) is 24.3 Å². The van der Waals surface area contributed by atoms with Gasteiger partial charge in [0, 0.05) is 23.0 Å². The molecule has 2 bridgehead atoms. The topological polar surface area (TPSA) is 29.5 Å². The molecule has 3 nitrogen and oxygen atoms in total. The third kappa shape index (κ3) is 3.24. The van der Waals surface area contributed by atoms with Gasteiger partial charge in [0.25, 0.3) is 0 Å². The predicted molar refractivity (Wildman–Crippen MR) is 93.2 cm³/mol. The fraction of sp³-hybridized carbons (Fsp3) is 0.611. The van der Waals surface area contributed by atoms with Crippen LogP contribution in [-0.4, -0.2) is 36.1 Å². The fourth-order valence-electron chi connectivity index (χ4n) is 4.27. The molecule has 3 fully saturated rings. The number of fused-ring (bicyclic) bond motifs is 2. The number of carbonyl (C=O) groups is 1. The van der Waals surface area contributed by atoms with Crippen LogP contribution in [0.2, 0.25) is 5.02 Å². The highest BCUT2D eigenvalue weighted by molar-refractivity contribution is 6.30. The lowest BCUT2D eigenvalue weighted by Crippen LogP contribution is -2.49. The fourth-order valence-corrected chi connectivity index (χ4v) is 4.40. The summed E-state index contributed by atoms with van der Waals surface area (Å²) < 4.78 is 5.68. The summed E-state index contributed by atoms with van der Waals surface area (Å²) in [7, 11) is 2.16. The lowest BCUT2D eigenvalue weighted by atomic mass is 9.76. The molecule has 2 heterocycles. The largest absolute Gasteiger partial charge is 0.462 e. The molecule has 1 aromatic rings. The molecule has 126 valence electrons. The summed E-state index contributed by atoms with van der Waals surface area (Å²) in [4.78, 5) is 15.2. The number of ether oxygens (including phenoxy) is 1. The molecule has 0 aromatic heterocycles. The van der Waals surface area contributed by atoms with E-state index < -0.39 is 0 Å². The number of hydrogen-bond acceptors (Lipinski definition) is 3. The van der Waals surface area contributed by atoms with E-state index in [1.807, 2.05) is 12.1 Å². The second kappa shape index (κ2) is 6.62. The number of esters is 1. The molecule has 2 unspecified atom stereocenters. The highest BCUT2D eigenvalue weighted by atomic mass is 35.5. The van der Waals surface area contributed by atoms with Crippen LogP contribution in [0.3, 0.4) is 0 Å². The number of hydrogen-bond donors (Lipinski definition) is 0. The summed E-state index contributed by atoms with van der Waals surface area (Å²) in [5, 5.41) is 0.747. The van der Waals surface area contributed by atoms with Crippen LogP contribution >= 0.6 is 24.0 Å². The van der Waals surface area contributed by atoms with Crippen molar-refractivity contribution in [3.05, 3.63) is 34.9 Å². The van der Waals surface area contributed by atoms with Gasteiger partial charge in [0.05, 0.1) is 5.92 Å². The van der Waals surface area contributed by atoms with Gasteiger partial charge >= 0.3 is 5.97 Å². The zero-order valence-corrected chi connectivity index (χ0v) is 14.9. The highest BCUT2D eigenvalue weighted by Crippen LogP contribution is 2.47. The predicted octanol–water partition coefficient (Wildman–Crippen LogP) is 4.03. The summed E-state index contributed by atoms with van der Waals surface area (Å²) in [6.45, 7) is 0. The first kappa shape index (κ1) is 17.1. The van der Waals surface area contributed by atoms with E-state index in [9.17, 15) is 4.79 Å². The van der Waals surface area contributed by atoms with Crippen LogP contribution in [-0.2, 0) is 9.53 Å². The lowest BCUT2D eigenvalue weighted by Gasteiger charge is -2.42. The maximum atomic E-state index is 12.8. The number of nitrogens with zero attached hydrogens (tertiary/aromatic N) is 1. The van der Waals surface area contributed by atoms with Crippen molar-refractivity contribution in [1.29, 1.82) is 0 Å². The van der Waals surface area contributed by atoms with Crippen molar-refractivity contribution in [2.45, 2.75) is 56.2 Å². The van der Waals surface area contributed by atoms with Crippen LogP contribution in [0.25, 0.3) is 0 Å². The minimum Gasteiger partial charge on any atom is -0.462 e. The first-order valence-electron chi connectivity index (χ1n) is 8.31. The summed E-state index contributed by atoms with van der Waals surface area (Å²) in [6.07, 6.45) is 5.59. The molecule has 1 saturated carbocycles. The second-order valence-corrected chi connectivity index (χ2v) is 7.46. The van der Waals surface area contributed by atoms with E-state index in [1.165, 1.54) is 12.0 Å². The second-order valence-electron chi connectivity index (χ2n) is 7.02. The van der Waals surface area contributed by atoms with Crippen molar-refractivity contribution in [3.63, 3.8) is 0 Å². The van der Waals surface area contributed by atoms with Gasteiger partial charge in [-0.1, -0.05) is 23.7 Å². The van der Waals surface area contributed by atoms with Gasteiger partial charge in [-0.3, -0.25) is 9.69 Å². The van der Waals surface area contributed by atoms with Gasteiger partial charge in [-0.2, -0.15) is 0 Å². The number of benzene rings is 1. The molecule has 3 aliphatic rings. The van der Waals surface area contributed by atoms with Crippen molar-refractivity contribution >= 4 is 30.0 Å². The number of carbonyl (C=O) groups excluding carboxylic acids is 1. The van der Waals surface area contributed by atoms with Crippen molar-refractivity contribution in [2.24, 2.45) is 5.92 Å². The smallest absolute Gasteiger partial charge is 0.311 e. The molecule has 4 rings (SSSR count). The standard InChI is InChI=1S/C18H22ClNO2.ClH/c1-20-13-6-9-16(20)17(18(21)22-14-7-8-14)15(10-13)11-2-4-12(19)5-3-11;/h2-5,13-17H,6-10H2,1H3;1H/t13-,15-,16?,17?;/m1./s1. The summed E-state index contributed by atoms with van der Waals surface area (Å²) in [5.74, 6) is 0.238. The molecule has 23 heavy (non-hydrogen) atoms. The minimum absolute atomic E-state index is 0. The zero-order chi connectivity index (χ0) is 15.3. The third-order valence-corrected chi connectivity index (χ3v) is 5.90. The Morgan fingerprint density at radius 1 is 1.17 bits per heavy atom. The lowest BCUT2D eigenvalue weighted by molar-refractivity contribution is -0.154. The highest BCUT2D eigenvalue weighted by Gasteiger charge is 2.50. The summed E-state index contributed by atoms with van der Waals surface area (Å²) in [6, 6.07) is 8.94. The molecular weight excluding hydrogens is 333 g/mol. The van der Waals surface area contributed by atoms with Crippen LogP contribution < -0.4 is 0 Å². The number of piperidine rings is 1. The van der Waals surface area contributed by atoms with Gasteiger partial charge in [0.2, 0.25) is 0 Å². The molecule has 0 spiro atoms. The molecule has 1 aromatic carbocycles. The van der Waals surface area contributed by atoms with Crippen molar-refractivity contribution in [1.82, 2.24) is 4.90 Å². The van der Waals surface area contributed by atoms with Gasteiger partial charge in [-0.15, -0.1) is 12.4 Å². The van der Waals surface area contributed by atoms with E-state index in [0.29, 0.717) is 12.1 Å². The summed E-state index contributed by atoms with van der Waals surface area (Å²) >= 11 is 6.02. The zero-order valence-electron chi connectivity index (χ0n) is 13.3. The molecule has 2 saturated heterocycles. The maximum absolute atomic E-state index is 12.8. The Morgan fingerprint density at radius 2 is 1.87 bits per heavy atom. The monoisotopic (exact) mass is 355 g/mol. The van der Waals surface area contributed by atoms with Crippen molar-refractivity contribution in [2.75, 3.05) is 7.05 Å². The maximum Gasteiger partial charge on any atom is 0.311 e. The van der Waals surface area contributed by atoms with Gasteiger partial charge in [0.1, 0.15) is 6.10 Å². The molecule has 1 aliphatic carbocycles. The van der Waals surface area contributed by atoms with Crippen LogP contribution in [0.4, 0.5) is 0 Å². The molecule has 4 atom stereocenters. The van der Waals surface area contributed by atoms with Gasteiger partial charge in [0.15, 0.2) is 0 Å². The van der Waals surface area contributed by atoms with E-state index in [4.69, 9.17) is 16.3 Å². The number of halogens is 2. The Bertz CT molecular complexity index is 573. The Labute approximate surface area is 148 Å². The molecule has 5 heteroatoms. The van der Waals surface area contributed by atoms with E-state index in [2.05, 4.69) is 24.1 Å². The first-order valence-corrected chi connectivity index (χ1v) is 8.69. The Morgan fingerprint density at radius 3 is 2.52 bits per heavy atom. The number of rotatable bonds is 3. The average molecular weight is 356 g/mol. The summed E-state index contributed by atoms with van der Waals surface area (Å²) in [5.41, 5.74) is 1.23. The Balaban J connectivity index is 0.00000156. The molecular formula is C18H23Cl2NO2. The Hall–Kier alpha value is -0.770. The normalized spacial score (nSPS) is 33.1. The average Bonchev–Trinajstić information content (AvgIpc) is 3.27. The van der Waals surface area contributed by atoms with Gasteiger partial charge in [-0.05, 0) is 56.8 Å². The van der Waals surface area contributed by atoms with Crippen molar-refractivity contribution < 1.29 is 9.53 Å². The molecule has 0 amide bonds. The van der Waals surface area contributed by atoms with E-state index >= 15 is 0 Å². The third-order valence-electron chi connectivity index (χ3n) is 5.65. The molecule has 0 radical (unpaired) electrons. The van der Waals surface area contributed by atoms with Gasteiger partial charge in [-0.25, -0.2) is 0 Å². The SMILES string of the molecule is CN1C2CC[C@@H]1C[C@H](c1ccc(Cl)cc1)C2C(=O)OC1CC1.Cl. The van der Waals surface area contributed by atoms with E-state index in [1.54, 1.807) is 0 Å². The van der Waals surface area contributed by atoms with Crippen LogP contribution in [0, 0.1) is 5.92 Å².